The predicted octanol–water partition coefficient (Wildman–Crippen LogP) is 3.72. The lowest BCUT2D eigenvalue weighted by molar-refractivity contribution is 0.459. The monoisotopic (exact) mass is 532 g/mol. The highest BCUT2D eigenvalue weighted by Gasteiger charge is 2.20. The molecule has 1 saturated heterocycles. The molecule has 1 fully saturated rings. The molecule has 0 bridgehead atoms. The molecule has 0 saturated carbocycles. The van der Waals surface area contributed by atoms with Crippen LogP contribution in [0.15, 0.2) is 59.7 Å². The van der Waals surface area contributed by atoms with E-state index in [1.54, 1.807) is 0 Å². The number of guanidine groups is 1. The molecule has 0 spiro atoms. The van der Waals surface area contributed by atoms with Crippen molar-refractivity contribution < 1.29 is 0 Å². The van der Waals surface area contributed by atoms with E-state index >= 15 is 0 Å². The van der Waals surface area contributed by atoms with Crippen molar-refractivity contribution in [2.24, 2.45) is 4.99 Å². The van der Waals surface area contributed by atoms with Gasteiger partial charge in [0.2, 0.25) is 0 Å². The molecule has 0 amide bonds. The summed E-state index contributed by atoms with van der Waals surface area (Å²) in [5, 5.41) is 7.05. The minimum absolute atomic E-state index is 0. The quantitative estimate of drug-likeness (QED) is 0.266. The fraction of sp³-hybridized carbons (Fsp3) is 0.417. The van der Waals surface area contributed by atoms with Crippen LogP contribution in [0.2, 0.25) is 0 Å². The SMILES string of the molecule is CN=C(NCc1ccc(N2CC=CC2)cc1)NC1CCN(c2ccc(C)cn2)CC1.I. The summed E-state index contributed by atoms with van der Waals surface area (Å²) in [5.74, 6) is 1.95. The second-order valence-electron chi connectivity index (χ2n) is 8.07. The van der Waals surface area contributed by atoms with E-state index in [1.807, 2.05) is 13.2 Å². The van der Waals surface area contributed by atoms with Crippen LogP contribution in [0.5, 0.6) is 0 Å². The molecule has 4 rings (SSSR count). The van der Waals surface area contributed by atoms with Gasteiger partial charge in [0, 0.05) is 57.7 Å². The number of nitrogens with zero attached hydrogens (tertiary/aromatic N) is 4. The van der Waals surface area contributed by atoms with E-state index in [9.17, 15) is 0 Å². The van der Waals surface area contributed by atoms with Crippen LogP contribution in [-0.2, 0) is 6.54 Å². The molecule has 0 aliphatic carbocycles. The van der Waals surface area contributed by atoms with E-state index in [1.165, 1.54) is 16.8 Å². The Hall–Kier alpha value is -2.29. The molecule has 2 N–H and O–H groups in total. The zero-order chi connectivity index (χ0) is 20.8. The fourth-order valence-corrected chi connectivity index (χ4v) is 3.99. The number of anilines is 2. The molecule has 2 aromatic rings. The molecule has 0 radical (unpaired) electrons. The number of aromatic nitrogens is 1. The van der Waals surface area contributed by atoms with Gasteiger partial charge in [0.1, 0.15) is 5.82 Å². The standard InChI is InChI=1S/C24H32N6.HI/c1-19-5-10-23(26-17-19)30-15-11-21(12-16-30)28-24(25-2)27-18-20-6-8-22(9-7-20)29-13-3-4-14-29;/h3-10,17,21H,11-16,18H2,1-2H3,(H2,25,27,28);1H. The van der Waals surface area contributed by atoms with Crippen LogP contribution in [0.1, 0.15) is 24.0 Å². The number of aliphatic imine (C=N–C) groups is 1. The van der Waals surface area contributed by atoms with Gasteiger partial charge in [-0.25, -0.2) is 4.98 Å². The van der Waals surface area contributed by atoms with Gasteiger partial charge in [-0.15, -0.1) is 24.0 Å². The van der Waals surface area contributed by atoms with Gasteiger partial charge >= 0.3 is 0 Å². The van der Waals surface area contributed by atoms with E-state index in [4.69, 9.17) is 0 Å². The first-order chi connectivity index (χ1) is 14.7. The minimum Gasteiger partial charge on any atom is -0.364 e. The van der Waals surface area contributed by atoms with Crippen LogP contribution in [0.4, 0.5) is 11.5 Å². The molecular weight excluding hydrogens is 499 g/mol. The maximum atomic E-state index is 4.56. The molecule has 2 aliphatic heterocycles. The van der Waals surface area contributed by atoms with Crippen molar-refractivity contribution in [2.45, 2.75) is 32.4 Å². The van der Waals surface area contributed by atoms with Crippen LogP contribution < -0.4 is 20.4 Å². The first kappa shape index (κ1) is 23.4. The average Bonchev–Trinajstić information content (AvgIpc) is 3.33. The largest absolute Gasteiger partial charge is 0.364 e. The number of hydrogen-bond acceptors (Lipinski definition) is 4. The molecule has 0 unspecified atom stereocenters. The molecule has 1 aromatic carbocycles. The Kier molecular flexibility index (Phi) is 8.57. The van der Waals surface area contributed by atoms with E-state index in [0.717, 1.165) is 57.3 Å². The number of piperidine rings is 1. The van der Waals surface area contributed by atoms with Crippen LogP contribution in [0.25, 0.3) is 0 Å². The van der Waals surface area contributed by atoms with Crippen molar-refractivity contribution in [1.29, 1.82) is 0 Å². The van der Waals surface area contributed by atoms with Gasteiger partial charge in [-0.05, 0) is 49.1 Å². The summed E-state index contributed by atoms with van der Waals surface area (Å²) >= 11 is 0. The highest BCUT2D eigenvalue weighted by Crippen LogP contribution is 2.19. The molecule has 2 aliphatic rings. The van der Waals surface area contributed by atoms with E-state index < -0.39 is 0 Å². The van der Waals surface area contributed by atoms with Gasteiger partial charge in [-0.2, -0.15) is 0 Å². The van der Waals surface area contributed by atoms with E-state index in [2.05, 4.69) is 85.9 Å². The third-order valence-corrected chi connectivity index (χ3v) is 5.86. The first-order valence-electron chi connectivity index (χ1n) is 10.8. The van der Waals surface area contributed by atoms with Crippen LogP contribution in [0, 0.1) is 6.92 Å². The summed E-state index contributed by atoms with van der Waals surface area (Å²) in [7, 11) is 1.84. The molecule has 0 atom stereocenters. The number of rotatable bonds is 5. The van der Waals surface area contributed by atoms with Crippen molar-refractivity contribution in [3.8, 4) is 0 Å². The lowest BCUT2D eigenvalue weighted by Crippen LogP contribution is -2.48. The van der Waals surface area contributed by atoms with Crippen LogP contribution >= 0.6 is 24.0 Å². The second-order valence-corrected chi connectivity index (χ2v) is 8.07. The first-order valence-corrected chi connectivity index (χ1v) is 10.8. The predicted molar refractivity (Wildman–Crippen MR) is 141 cm³/mol. The normalized spacial score (nSPS) is 16.9. The summed E-state index contributed by atoms with van der Waals surface area (Å²) in [6.07, 6.45) is 8.53. The van der Waals surface area contributed by atoms with Crippen molar-refractivity contribution >= 4 is 41.4 Å². The lowest BCUT2D eigenvalue weighted by atomic mass is 10.1. The zero-order valence-electron chi connectivity index (χ0n) is 18.4. The van der Waals surface area contributed by atoms with Gasteiger partial charge in [-0.1, -0.05) is 30.4 Å². The van der Waals surface area contributed by atoms with Crippen molar-refractivity contribution in [1.82, 2.24) is 15.6 Å². The Bertz CT molecular complexity index is 862. The lowest BCUT2D eigenvalue weighted by Gasteiger charge is -2.33. The minimum atomic E-state index is 0. The van der Waals surface area contributed by atoms with Gasteiger partial charge in [0.05, 0.1) is 0 Å². The number of aryl methyl sites for hydroxylation is 1. The third-order valence-electron chi connectivity index (χ3n) is 5.86. The zero-order valence-corrected chi connectivity index (χ0v) is 20.8. The van der Waals surface area contributed by atoms with Crippen LogP contribution in [-0.4, -0.2) is 50.2 Å². The van der Waals surface area contributed by atoms with E-state index in [-0.39, 0.29) is 24.0 Å². The van der Waals surface area contributed by atoms with Gasteiger partial charge in [-0.3, -0.25) is 4.99 Å². The number of nitrogens with one attached hydrogen (secondary N) is 2. The Morgan fingerprint density at radius 1 is 1.03 bits per heavy atom. The molecule has 166 valence electrons. The average molecular weight is 532 g/mol. The van der Waals surface area contributed by atoms with Crippen LogP contribution in [0.3, 0.4) is 0 Å². The fourth-order valence-electron chi connectivity index (χ4n) is 3.99. The van der Waals surface area contributed by atoms with Crippen molar-refractivity contribution in [3.63, 3.8) is 0 Å². The van der Waals surface area contributed by atoms with Gasteiger partial charge in [0.15, 0.2) is 5.96 Å². The Morgan fingerprint density at radius 2 is 1.74 bits per heavy atom. The maximum Gasteiger partial charge on any atom is 0.191 e. The molecule has 31 heavy (non-hydrogen) atoms. The van der Waals surface area contributed by atoms with Crippen molar-refractivity contribution in [2.75, 3.05) is 43.0 Å². The molecule has 1 aromatic heterocycles. The summed E-state index contributed by atoms with van der Waals surface area (Å²) in [6.45, 7) is 6.88. The number of halogens is 1. The number of pyridine rings is 1. The number of benzene rings is 1. The summed E-state index contributed by atoms with van der Waals surface area (Å²) in [6, 6.07) is 13.5. The summed E-state index contributed by atoms with van der Waals surface area (Å²) in [4.78, 5) is 13.7. The van der Waals surface area contributed by atoms with Gasteiger partial charge in [0.25, 0.3) is 0 Å². The smallest absolute Gasteiger partial charge is 0.191 e. The maximum absolute atomic E-state index is 4.56. The number of hydrogen-bond donors (Lipinski definition) is 2. The second kappa shape index (κ2) is 11.4. The van der Waals surface area contributed by atoms with Crippen molar-refractivity contribution in [3.05, 3.63) is 65.9 Å². The highest BCUT2D eigenvalue weighted by molar-refractivity contribution is 14.0. The Labute approximate surface area is 202 Å². The summed E-state index contributed by atoms with van der Waals surface area (Å²) < 4.78 is 0. The highest BCUT2D eigenvalue weighted by atomic mass is 127. The Morgan fingerprint density at radius 3 is 2.35 bits per heavy atom. The molecule has 3 heterocycles. The van der Waals surface area contributed by atoms with E-state index in [0.29, 0.717) is 6.04 Å². The molecular formula is C24H33IN6. The molecule has 6 nitrogen and oxygen atoms in total. The van der Waals surface area contributed by atoms with Gasteiger partial charge < -0.3 is 20.4 Å². The Balaban J connectivity index is 0.00000272. The topological polar surface area (TPSA) is 55.8 Å². The summed E-state index contributed by atoms with van der Waals surface area (Å²) in [5.41, 5.74) is 3.74. The third kappa shape index (κ3) is 6.35. The molecule has 7 heteroatoms.